The molecule has 2 unspecified atom stereocenters. The minimum atomic E-state index is -2.19. The SMILES string of the molecule is Cn1cc(OC(=O)C(O)C(O)C(=O)Oc2cn(C)c(N)n2)nc1N. The van der Waals surface area contributed by atoms with Crippen molar-refractivity contribution in [3.63, 3.8) is 0 Å². The predicted molar refractivity (Wildman–Crippen MR) is 78.5 cm³/mol. The largest absolute Gasteiger partial charge is 0.404 e. The average molecular weight is 340 g/mol. The molecule has 130 valence electrons. The summed E-state index contributed by atoms with van der Waals surface area (Å²) < 4.78 is 12.2. The number of aryl methyl sites for hydroxylation is 2. The topological polar surface area (TPSA) is 181 Å². The summed E-state index contributed by atoms with van der Waals surface area (Å²) in [5.41, 5.74) is 10.9. The maximum atomic E-state index is 11.7. The zero-order chi connectivity index (χ0) is 18.0. The second kappa shape index (κ2) is 6.55. The zero-order valence-electron chi connectivity index (χ0n) is 12.8. The Morgan fingerprint density at radius 3 is 1.54 bits per heavy atom. The molecule has 6 N–H and O–H groups in total. The summed E-state index contributed by atoms with van der Waals surface area (Å²) in [6.45, 7) is 0. The molecule has 0 aromatic carbocycles. The van der Waals surface area contributed by atoms with E-state index in [2.05, 4.69) is 9.97 Å². The molecule has 0 saturated heterocycles. The molecule has 0 saturated carbocycles. The monoisotopic (exact) mass is 340 g/mol. The molecule has 2 rings (SSSR count). The van der Waals surface area contributed by atoms with Crippen molar-refractivity contribution in [2.24, 2.45) is 14.1 Å². The van der Waals surface area contributed by atoms with Crippen LogP contribution < -0.4 is 20.9 Å². The molecule has 0 aliphatic carbocycles. The lowest BCUT2D eigenvalue weighted by Gasteiger charge is -2.13. The van der Waals surface area contributed by atoms with E-state index >= 15 is 0 Å². The standard InChI is InChI=1S/C12H16N6O6/c1-17-3-5(15-11(17)13)23-9(21)7(19)8(20)10(22)24-6-4-18(2)12(14)16-6/h3-4,7-8,19-20H,1-2H3,(H2,13,15)(H2,14,16). The van der Waals surface area contributed by atoms with Gasteiger partial charge in [-0.3, -0.25) is 0 Å². The Morgan fingerprint density at radius 1 is 0.958 bits per heavy atom. The van der Waals surface area contributed by atoms with Gasteiger partial charge in [-0.15, -0.1) is 0 Å². The quantitative estimate of drug-likeness (QED) is 0.426. The number of ether oxygens (including phenoxy) is 2. The van der Waals surface area contributed by atoms with Gasteiger partial charge in [0.05, 0.1) is 12.4 Å². The number of esters is 2. The number of aliphatic hydroxyl groups is 2. The number of hydrogen-bond acceptors (Lipinski definition) is 10. The fraction of sp³-hybridized carbons (Fsp3) is 0.333. The van der Waals surface area contributed by atoms with Gasteiger partial charge in [0.25, 0.3) is 0 Å². The van der Waals surface area contributed by atoms with E-state index in [1.54, 1.807) is 14.1 Å². The number of aromatic nitrogens is 4. The van der Waals surface area contributed by atoms with Crippen molar-refractivity contribution in [2.75, 3.05) is 11.5 Å². The van der Waals surface area contributed by atoms with Crippen LogP contribution in [0, 0.1) is 0 Å². The Kier molecular flexibility index (Phi) is 4.71. The smallest absolute Gasteiger partial charge is 0.345 e. The first-order chi connectivity index (χ1) is 11.2. The van der Waals surface area contributed by atoms with Gasteiger partial charge in [-0.1, -0.05) is 0 Å². The van der Waals surface area contributed by atoms with E-state index in [9.17, 15) is 19.8 Å². The van der Waals surface area contributed by atoms with Crippen molar-refractivity contribution in [2.45, 2.75) is 12.2 Å². The number of carbonyl (C=O) groups is 2. The average Bonchev–Trinajstić information content (AvgIpc) is 2.99. The van der Waals surface area contributed by atoms with Crippen LogP contribution in [0.5, 0.6) is 11.8 Å². The number of hydrogen-bond donors (Lipinski definition) is 4. The lowest BCUT2D eigenvalue weighted by Crippen LogP contribution is -2.43. The first-order valence-corrected chi connectivity index (χ1v) is 6.56. The normalized spacial score (nSPS) is 13.3. The number of nitrogens with zero attached hydrogens (tertiary/aromatic N) is 4. The molecule has 0 amide bonds. The number of nitrogen functional groups attached to an aromatic ring is 2. The van der Waals surface area contributed by atoms with E-state index in [1.165, 1.54) is 21.5 Å². The summed E-state index contributed by atoms with van der Waals surface area (Å²) in [4.78, 5) is 30.8. The van der Waals surface area contributed by atoms with E-state index < -0.39 is 24.1 Å². The molecule has 24 heavy (non-hydrogen) atoms. The van der Waals surface area contributed by atoms with Gasteiger partial charge >= 0.3 is 11.9 Å². The second-order valence-electron chi connectivity index (χ2n) is 4.83. The molecule has 2 aromatic heterocycles. The van der Waals surface area contributed by atoms with E-state index in [4.69, 9.17) is 20.9 Å². The molecule has 0 bridgehead atoms. The summed E-state index contributed by atoms with van der Waals surface area (Å²) in [5.74, 6) is -2.87. The van der Waals surface area contributed by atoms with Crippen molar-refractivity contribution in [1.82, 2.24) is 19.1 Å². The van der Waals surface area contributed by atoms with Crippen LogP contribution in [0.15, 0.2) is 12.4 Å². The van der Waals surface area contributed by atoms with Crippen molar-refractivity contribution < 1.29 is 29.3 Å². The Hall–Kier alpha value is -3.12. The highest BCUT2D eigenvalue weighted by atomic mass is 16.6. The predicted octanol–water partition coefficient (Wildman–Crippen LogP) is -2.45. The highest BCUT2D eigenvalue weighted by Crippen LogP contribution is 2.14. The highest BCUT2D eigenvalue weighted by molar-refractivity contribution is 5.87. The van der Waals surface area contributed by atoms with Gasteiger partial charge in [-0.05, 0) is 0 Å². The third-order valence-electron chi connectivity index (χ3n) is 2.97. The van der Waals surface area contributed by atoms with Gasteiger partial charge in [0.1, 0.15) is 0 Å². The molecule has 0 aliphatic rings. The van der Waals surface area contributed by atoms with E-state index in [-0.39, 0.29) is 23.7 Å². The van der Waals surface area contributed by atoms with Crippen LogP contribution in [0.3, 0.4) is 0 Å². The lowest BCUT2D eigenvalue weighted by atomic mass is 10.2. The van der Waals surface area contributed by atoms with E-state index in [0.29, 0.717) is 0 Å². The van der Waals surface area contributed by atoms with Gasteiger partial charge in [0.2, 0.25) is 23.7 Å². The third-order valence-corrected chi connectivity index (χ3v) is 2.97. The Labute approximate surface area is 135 Å². The van der Waals surface area contributed by atoms with Crippen LogP contribution in [0.4, 0.5) is 11.9 Å². The van der Waals surface area contributed by atoms with Crippen LogP contribution >= 0.6 is 0 Å². The fourth-order valence-corrected chi connectivity index (χ4v) is 1.59. The fourth-order valence-electron chi connectivity index (χ4n) is 1.59. The first kappa shape index (κ1) is 17.2. The third kappa shape index (κ3) is 3.61. The molecule has 0 radical (unpaired) electrons. The molecule has 0 fully saturated rings. The zero-order valence-corrected chi connectivity index (χ0v) is 12.8. The molecule has 12 heteroatoms. The Bertz CT molecular complexity index is 665. The van der Waals surface area contributed by atoms with Crippen LogP contribution in [-0.2, 0) is 23.7 Å². The number of anilines is 2. The molecule has 0 aliphatic heterocycles. The molecule has 0 spiro atoms. The molecule has 2 heterocycles. The van der Waals surface area contributed by atoms with Gasteiger partial charge in [-0.2, -0.15) is 9.97 Å². The van der Waals surface area contributed by atoms with Crippen molar-refractivity contribution in [1.29, 1.82) is 0 Å². The number of carbonyl (C=O) groups excluding carboxylic acids is 2. The highest BCUT2D eigenvalue weighted by Gasteiger charge is 2.34. The van der Waals surface area contributed by atoms with E-state index in [1.807, 2.05) is 0 Å². The minimum absolute atomic E-state index is 0.0694. The number of rotatable bonds is 5. The summed E-state index contributed by atoms with van der Waals surface area (Å²) in [6, 6.07) is 0. The summed E-state index contributed by atoms with van der Waals surface area (Å²) in [7, 11) is 3.11. The lowest BCUT2D eigenvalue weighted by molar-refractivity contribution is -0.162. The van der Waals surface area contributed by atoms with Crippen molar-refractivity contribution >= 4 is 23.8 Å². The van der Waals surface area contributed by atoms with Gasteiger partial charge in [-0.25, -0.2) is 9.59 Å². The molecule has 12 nitrogen and oxygen atoms in total. The maximum absolute atomic E-state index is 11.7. The van der Waals surface area contributed by atoms with Crippen LogP contribution in [0.25, 0.3) is 0 Å². The Balaban J connectivity index is 1.97. The van der Waals surface area contributed by atoms with E-state index in [0.717, 1.165) is 0 Å². The van der Waals surface area contributed by atoms with Crippen LogP contribution in [0.1, 0.15) is 0 Å². The van der Waals surface area contributed by atoms with Crippen molar-refractivity contribution in [3.8, 4) is 11.8 Å². The minimum Gasteiger partial charge on any atom is -0.404 e. The van der Waals surface area contributed by atoms with Gasteiger partial charge in [0.15, 0.2) is 12.2 Å². The second-order valence-corrected chi connectivity index (χ2v) is 4.83. The van der Waals surface area contributed by atoms with Crippen LogP contribution in [-0.4, -0.2) is 53.5 Å². The van der Waals surface area contributed by atoms with Crippen molar-refractivity contribution in [3.05, 3.63) is 12.4 Å². The number of imidazole rings is 2. The van der Waals surface area contributed by atoms with Gasteiger partial charge < -0.3 is 40.3 Å². The molecule has 2 aromatic rings. The summed E-state index contributed by atoms with van der Waals surface area (Å²) >= 11 is 0. The van der Waals surface area contributed by atoms with Gasteiger partial charge in [0, 0.05) is 14.1 Å². The molecular weight excluding hydrogens is 324 g/mol. The summed E-state index contributed by atoms with van der Waals surface area (Å²) in [5, 5.41) is 19.4. The maximum Gasteiger partial charge on any atom is 0.345 e. The molecular formula is C12H16N6O6. The molecule has 2 atom stereocenters. The number of nitrogens with two attached hydrogens (primary N) is 2. The Morgan fingerprint density at radius 2 is 1.29 bits per heavy atom. The van der Waals surface area contributed by atoms with Crippen LogP contribution in [0.2, 0.25) is 0 Å². The summed E-state index contributed by atoms with van der Waals surface area (Å²) in [6.07, 6.45) is -1.83. The number of aliphatic hydroxyl groups excluding tert-OH is 2. The first-order valence-electron chi connectivity index (χ1n) is 6.56.